The van der Waals surface area contributed by atoms with Crippen LogP contribution in [0.3, 0.4) is 0 Å². The average Bonchev–Trinajstić information content (AvgIpc) is 3.36. The second kappa shape index (κ2) is 12.0. The smallest absolute Gasteiger partial charge is 0.270 e. The molecule has 4 rings (SSSR count). The number of hydrogen-bond donors (Lipinski definition) is 1. The monoisotopic (exact) mass is 481 g/mol. The number of aromatic nitrogens is 1. The number of benzene rings is 1. The van der Waals surface area contributed by atoms with E-state index in [0.29, 0.717) is 35.8 Å². The fourth-order valence-electron chi connectivity index (χ4n) is 5.50. The van der Waals surface area contributed by atoms with E-state index < -0.39 is 0 Å². The third-order valence-electron chi connectivity index (χ3n) is 7.60. The van der Waals surface area contributed by atoms with Gasteiger partial charge in [0.25, 0.3) is 5.91 Å². The number of nitrogens with zero attached hydrogens (tertiary/aromatic N) is 2. The number of thiazole rings is 1. The van der Waals surface area contributed by atoms with Crippen molar-refractivity contribution in [3.05, 3.63) is 52.0 Å². The van der Waals surface area contributed by atoms with E-state index in [4.69, 9.17) is 4.98 Å². The van der Waals surface area contributed by atoms with Crippen LogP contribution >= 0.6 is 11.3 Å². The van der Waals surface area contributed by atoms with Crippen molar-refractivity contribution in [2.45, 2.75) is 89.5 Å². The number of amides is 2. The van der Waals surface area contributed by atoms with Crippen molar-refractivity contribution in [3.8, 4) is 0 Å². The number of piperidine rings is 1. The molecule has 6 heteroatoms. The van der Waals surface area contributed by atoms with Crippen LogP contribution in [0.15, 0.2) is 35.7 Å². The summed E-state index contributed by atoms with van der Waals surface area (Å²) in [6, 6.07) is 10.7. The summed E-state index contributed by atoms with van der Waals surface area (Å²) in [6.45, 7) is 6.08. The van der Waals surface area contributed by atoms with Crippen molar-refractivity contribution in [1.82, 2.24) is 15.2 Å². The highest BCUT2D eigenvalue weighted by molar-refractivity contribution is 7.09. The summed E-state index contributed by atoms with van der Waals surface area (Å²) in [5.74, 6) is 1.62. The zero-order valence-electron chi connectivity index (χ0n) is 20.7. The van der Waals surface area contributed by atoms with Gasteiger partial charge in [-0.25, -0.2) is 4.98 Å². The maximum Gasteiger partial charge on any atom is 0.270 e. The van der Waals surface area contributed by atoms with Gasteiger partial charge < -0.3 is 10.2 Å². The molecule has 1 N–H and O–H groups in total. The molecule has 1 saturated heterocycles. The first kappa shape index (κ1) is 24.9. The van der Waals surface area contributed by atoms with Gasteiger partial charge >= 0.3 is 0 Å². The zero-order chi connectivity index (χ0) is 23.9. The molecule has 0 bridgehead atoms. The van der Waals surface area contributed by atoms with Crippen LogP contribution in [0, 0.1) is 5.92 Å². The second-order valence-electron chi connectivity index (χ2n) is 10.2. The van der Waals surface area contributed by atoms with E-state index in [1.165, 1.54) is 5.56 Å². The van der Waals surface area contributed by atoms with Crippen LogP contribution in [-0.4, -0.2) is 40.8 Å². The molecule has 2 unspecified atom stereocenters. The Balaban J connectivity index is 1.32. The van der Waals surface area contributed by atoms with Crippen molar-refractivity contribution in [2.75, 3.05) is 13.1 Å². The van der Waals surface area contributed by atoms with Crippen molar-refractivity contribution >= 4 is 23.2 Å². The SMILES string of the molecule is CCCCCC(=O)N1CCC(c2nc(C(=O)N[C@@H]3CCC(C)CC3c3ccccc3)cs2)CC1. The Kier molecular flexibility index (Phi) is 8.76. The van der Waals surface area contributed by atoms with Crippen LogP contribution in [-0.2, 0) is 4.79 Å². The highest BCUT2D eigenvalue weighted by Crippen LogP contribution is 2.36. The summed E-state index contributed by atoms with van der Waals surface area (Å²) in [6.07, 6.45) is 9.05. The standard InChI is InChI=1S/C28H39N3O2S/c1-3-4-6-11-26(32)31-16-14-22(15-17-31)28-30-25(19-34-28)27(33)29-24-13-12-20(2)18-23(24)21-9-7-5-8-10-21/h5,7-10,19-20,22-24H,3-4,6,11-18H2,1-2H3,(H,29,33)/t20?,23?,24-/m1/s1. The first-order valence-corrected chi connectivity index (χ1v) is 14.0. The van der Waals surface area contributed by atoms with Gasteiger partial charge in [-0.2, -0.15) is 0 Å². The van der Waals surface area contributed by atoms with Crippen molar-refractivity contribution in [3.63, 3.8) is 0 Å². The van der Waals surface area contributed by atoms with Gasteiger partial charge in [0.05, 0.1) is 5.01 Å². The molecule has 0 spiro atoms. The third-order valence-corrected chi connectivity index (χ3v) is 8.61. The van der Waals surface area contributed by atoms with Crippen molar-refractivity contribution in [2.24, 2.45) is 5.92 Å². The lowest BCUT2D eigenvalue weighted by molar-refractivity contribution is -0.132. The van der Waals surface area contributed by atoms with Crippen LogP contribution in [0.1, 0.15) is 105 Å². The van der Waals surface area contributed by atoms with E-state index in [1.807, 2.05) is 16.3 Å². The lowest BCUT2D eigenvalue weighted by Crippen LogP contribution is -2.42. The van der Waals surface area contributed by atoms with Crippen LogP contribution in [0.25, 0.3) is 0 Å². The highest BCUT2D eigenvalue weighted by Gasteiger charge is 2.32. The number of carbonyl (C=O) groups excluding carboxylic acids is 2. The van der Waals surface area contributed by atoms with Crippen molar-refractivity contribution < 1.29 is 9.59 Å². The summed E-state index contributed by atoms with van der Waals surface area (Å²) in [7, 11) is 0. The fraction of sp³-hybridized carbons (Fsp3) is 0.607. The van der Waals surface area contributed by atoms with Gasteiger partial charge in [0, 0.05) is 42.8 Å². The number of carbonyl (C=O) groups is 2. The lowest BCUT2D eigenvalue weighted by atomic mass is 9.75. The molecule has 184 valence electrons. The maximum absolute atomic E-state index is 13.1. The molecule has 2 fully saturated rings. The molecule has 0 radical (unpaired) electrons. The van der Waals surface area contributed by atoms with E-state index in [1.54, 1.807) is 11.3 Å². The second-order valence-corrected chi connectivity index (χ2v) is 11.1. The Labute approximate surface area is 208 Å². The summed E-state index contributed by atoms with van der Waals surface area (Å²) in [4.78, 5) is 32.3. The largest absolute Gasteiger partial charge is 0.347 e. The van der Waals surface area contributed by atoms with Crippen LogP contribution in [0.2, 0.25) is 0 Å². The molecule has 2 heterocycles. The average molecular weight is 482 g/mol. The van der Waals surface area contributed by atoms with Gasteiger partial charge in [0.1, 0.15) is 5.69 Å². The summed E-state index contributed by atoms with van der Waals surface area (Å²) in [5.41, 5.74) is 1.86. The fourth-order valence-corrected chi connectivity index (χ4v) is 6.48. The Morgan fingerprint density at radius 1 is 1.09 bits per heavy atom. The van der Waals surface area contributed by atoms with E-state index in [9.17, 15) is 9.59 Å². The topological polar surface area (TPSA) is 62.3 Å². The predicted molar refractivity (Wildman–Crippen MR) is 138 cm³/mol. The van der Waals surface area contributed by atoms with Gasteiger partial charge in [0.2, 0.25) is 5.91 Å². The molecular weight excluding hydrogens is 442 g/mol. The molecule has 2 amide bonds. The summed E-state index contributed by atoms with van der Waals surface area (Å²) in [5, 5.41) is 6.27. The molecule has 1 saturated carbocycles. The normalized spacial score (nSPS) is 23.6. The number of nitrogens with one attached hydrogen (secondary N) is 1. The van der Waals surface area contributed by atoms with Gasteiger partial charge in [0.15, 0.2) is 0 Å². The van der Waals surface area contributed by atoms with Crippen LogP contribution in [0.4, 0.5) is 0 Å². The highest BCUT2D eigenvalue weighted by atomic mass is 32.1. The van der Waals surface area contributed by atoms with Crippen molar-refractivity contribution in [1.29, 1.82) is 0 Å². The first-order chi connectivity index (χ1) is 16.5. The Hall–Kier alpha value is -2.21. The lowest BCUT2D eigenvalue weighted by Gasteiger charge is -2.35. The third kappa shape index (κ3) is 6.26. The summed E-state index contributed by atoms with van der Waals surface area (Å²) >= 11 is 1.60. The van der Waals surface area contributed by atoms with Crippen LogP contribution in [0.5, 0.6) is 0 Å². The molecule has 1 aromatic carbocycles. The molecular formula is C28H39N3O2S. The minimum atomic E-state index is -0.0495. The van der Waals surface area contributed by atoms with Gasteiger partial charge in [-0.1, -0.05) is 57.0 Å². The Morgan fingerprint density at radius 2 is 1.85 bits per heavy atom. The van der Waals surface area contributed by atoms with E-state index >= 15 is 0 Å². The van der Waals surface area contributed by atoms with Gasteiger partial charge in [-0.15, -0.1) is 11.3 Å². The number of likely N-dealkylation sites (tertiary alicyclic amines) is 1. The minimum absolute atomic E-state index is 0.0495. The molecule has 2 aliphatic rings. The molecule has 1 aliphatic heterocycles. The van der Waals surface area contributed by atoms with E-state index in [2.05, 4.69) is 43.4 Å². The molecule has 3 atom stereocenters. The first-order valence-electron chi connectivity index (χ1n) is 13.1. The number of hydrogen-bond acceptors (Lipinski definition) is 4. The molecule has 34 heavy (non-hydrogen) atoms. The zero-order valence-corrected chi connectivity index (χ0v) is 21.5. The quantitative estimate of drug-likeness (QED) is 0.461. The van der Waals surface area contributed by atoms with Gasteiger partial charge in [-0.05, 0) is 50.0 Å². The minimum Gasteiger partial charge on any atom is -0.347 e. The molecule has 1 aliphatic carbocycles. The van der Waals surface area contributed by atoms with E-state index in [-0.39, 0.29) is 11.9 Å². The summed E-state index contributed by atoms with van der Waals surface area (Å²) < 4.78 is 0. The van der Waals surface area contributed by atoms with Gasteiger partial charge in [-0.3, -0.25) is 9.59 Å². The Morgan fingerprint density at radius 3 is 2.59 bits per heavy atom. The number of unbranched alkanes of at least 4 members (excludes halogenated alkanes) is 2. The molecule has 2 aromatic rings. The maximum atomic E-state index is 13.1. The predicted octanol–water partition coefficient (Wildman–Crippen LogP) is 6.13. The van der Waals surface area contributed by atoms with Crippen LogP contribution < -0.4 is 5.32 Å². The van der Waals surface area contributed by atoms with E-state index in [0.717, 1.165) is 69.5 Å². The molecule has 1 aromatic heterocycles. The number of rotatable bonds is 8. The Bertz CT molecular complexity index is 936. The molecule has 5 nitrogen and oxygen atoms in total.